The molecule has 0 aromatic heterocycles. The lowest BCUT2D eigenvalue weighted by Gasteiger charge is -2.18. The molecule has 1 aliphatic rings. The van der Waals surface area contributed by atoms with Gasteiger partial charge in [0.2, 0.25) is 5.91 Å². The number of benzene rings is 1. The molecule has 108 valence electrons. The molecular formula is C14H18FN3OS. The Kier molecular flexibility index (Phi) is 4.89. The molecule has 0 saturated carbocycles. The highest BCUT2D eigenvalue weighted by Gasteiger charge is 2.24. The Labute approximate surface area is 123 Å². The Morgan fingerprint density at radius 2 is 2.30 bits per heavy atom. The van der Waals surface area contributed by atoms with Crippen LogP contribution in [0, 0.1) is 5.82 Å². The molecule has 2 rings (SSSR count). The van der Waals surface area contributed by atoms with Crippen LogP contribution in [0.15, 0.2) is 18.2 Å². The number of nitrogens with one attached hydrogen (secondary N) is 2. The molecule has 4 nitrogen and oxygen atoms in total. The SMILES string of the molecule is CCCNC(=S)Nc1ccc(F)c(N2CCCC2=O)c1. The van der Waals surface area contributed by atoms with Crippen LogP contribution in [0.1, 0.15) is 26.2 Å². The first-order valence-electron chi connectivity index (χ1n) is 6.76. The lowest BCUT2D eigenvalue weighted by Crippen LogP contribution is -2.29. The maximum Gasteiger partial charge on any atom is 0.227 e. The Hall–Kier alpha value is -1.69. The molecule has 0 aliphatic carbocycles. The van der Waals surface area contributed by atoms with E-state index in [2.05, 4.69) is 10.6 Å². The van der Waals surface area contributed by atoms with E-state index in [0.717, 1.165) is 19.4 Å². The van der Waals surface area contributed by atoms with Crippen molar-refractivity contribution in [2.75, 3.05) is 23.3 Å². The summed E-state index contributed by atoms with van der Waals surface area (Å²) in [5.74, 6) is -0.425. The van der Waals surface area contributed by atoms with Gasteiger partial charge in [0, 0.05) is 25.2 Å². The van der Waals surface area contributed by atoms with E-state index >= 15 is 0 Å². The predicted molar refractivity (Wildman–Crippen MR) is 82.5 cm³/mol. The molecule has 1 aromatic carbocycles. The van der Waals surface area contributed by atoms with Crippen molar-refractivity contribution < 1.29 is 9.18 Å². The molecule has 1 heterocycles. The van der Waals surface area contributed by atoms with Gasteiger partial charge in [-0.3, -0.25) is 4.79 Å². The summed E-state index contributed by atoms with van der Waals surface area (Å²) in [6, 6.07) is 4.59. The number of halogens is 1. The highest BCUT2D eigenvalue weighted by atomic mass is 32.1. The molecule has 1 fully saturated rings. The number of hydrogen-bond acceptors (Lipinski definition) is 2. The highest BCUT2D eigenvalue weighted by Crippen LogP contribution is 2.27. The first-order chi connectivity index (χ1) is 9.61. The Morgan fingerprint density at radius 1 is 1.50 bits per heavy atom. The van der Waals surface area contributed by atoms with Gasteiger partial charge in [0.15, 0.2) is 5.11 Å². The fourth-order valence-corrected chi connectivity index (χ4v) is 2.33. The van der Waals surface area contributed by atoms with E-state index in [4.69, 9.17) is 12.2 Å². The summed E-state index contributed by atoms with van der Waals surface area (Å²) in [5.41, 5.74) is 0.991. The number of carbonyl (C=O) groups is 1. The van der Waals surface area contributed by atoms with E-state index < -0.39 is 5.82 Å². The average Bonchev–Trinajstić information content (AvgIpc) is 2.85. The second kappa shape index (κ2) is 6.65. The van der Waals surface area contributed by atoms with Crippen LogP contribution in [-0.2, 0) is 4.79 Å². The molecule has 1 aromatic rings. The number of nitrogens with zero attached hydrogens (tertiary/aromatic N) is 1. The summed E-state index contributed by atoms with van der Waals surface area (Å²) in [7, 11) is 0. The molecule has 0 radical (unpaired) electrons. The standard InChI is InChI=1S/C14H18FN3OS/c1-2-7-16-14(20)17-10-5-6-11(15)12(9-10)18-8-3-4-13(18)19/h5-6,9H,2-4,7-8H2,1H3,(H2,16,17,20). The minimum Gasteiger partial charge on any atom is -0.362 e. The van der Waals surface area contributed by atoms with Crippen molar-refractivity contribution in [3.8, 4) is 0 Å². The summed E-state index contributed by atoms with van der Waals surface area (Å²) in [6.07, 6.45) is 2.22. The van der Waals surface area contributed by atoms with Gasteiger partial charge < -0.3 is 15.5 Å². The van der Waals surface area contributed by atoms with Crippen LogP contribution in [0.3, 0.4) is 0 Å². The van der Waals surface area contributed by atoms with E-state index in [0.29, 0.717) is 29.5 Å². The van der Waals surface area contributed by atoms with Crippen molar-refractivity contribution in [2.24, 2.45) is 0 Å². The number of carbonyl (C=O) groups excluding carboxylic acids is 1. The zero-order valence-electron chi connectivity index (χ0n) is 11.4. The van der Waals surface area contributed by atoms with E-state index in [-0.39, 0.29) is 5.91 Å². The molecule has 1 amide bonds. The fraction of sp³-hybridized carbons (Fsp3) is 0.429. The normalized spacial score (nSPS) is 14.5. The maximum absolute atomic E-state index is 13.9. The van der Waals surface area contributed by atoms with Gasteiger partial charge in [-0.05, 0) is 43.3 Å². The third kappa shape index (κ3) is 3.45. The molecule has 1 aliphatic heterocycles. The van der Waals surface area contributed by atoms with Crippen LogP contribution in [0.5, 0.6) is 0 Å². The summed E-state index contributed by atoms with van der Waals surface area (Å²) >= 11 is 5.14. The van der Waals surface area contributed by atoms with Gasteiger partial charge >= 0.3 is 0 Å². The quantitative estimate of drug-likeness (QED) is 0.838. The summed E-state index contributed by atoms with van der Waals surface area (Å²) in [6.45, 7) is 3.40. The second-order valence-corrected chi connectivity index (χ2v) is 5.10. The van der Waals surface area contributed by atoms with Gasteiger partial charge in [-0.15, -0.1) is 0 Å². The van der Waals surface area contributed by atoms with Crippen molar-refractivity contribution in [1.29, 1.82) is 0 Å². The van der Waals surface area contributed by atoms with Crippen LogP contribution in [0.4, 0.5) is 15.8 Å². The fourth-order valence-electron chi connectivity index (χ4n) is 2.11. The second-order valence-electron chi connectivity index (χ2n) is 4.70. The average molecular weight is 295 g/mol. The third-order valence-corrected chi connectivity index (χ3v) is 3.35. The smallest absolute Gasteiger partial charge is 0.227 e. The monoisotopic (exact) mass is 295 g/mol. The molecule has 0 spiro atoms. The molecule has 1 saturated heterocycles. The molecular weight excluding hydrogens is 277 g/mol. The maximum atomic E-state index is 13.9. The molecule has 2 N–H and O–H groups in total. The van der Waals surface area contributed by atoms with Gasteiger partial charge in [0.25, 0.3) is 0 Å². The molecule has 0 bridgehead atoms. The lowest BCUT2D eigenvalue weighted by atomic mass is 10.2. The van der Waals surface area contributed by atoms with Crippen molar-refractivity contribution in [3.05, 3.63) is 24.0 Å². The Morgan fingerprint density at radius 3 is 2.95 bits per heavy atom. The third-order valence-electron chi connectivity index (χ3n) is 3.10. The van der Waals surface area contributed by atoms with E-state index in [1.54, 1.807) is 12.1 Å². The van der Waals surface area contributed by atoms with E-state index in [1.807, 2.05) is 6.92 Å². The van der Waals surface area contributed by atoms with Crippen molar-refractivity contribution in [2.45, 2.75) is 26.2 Å². The predicted octanol–water partition coefficient (Wildman–Crippen LogP) is 2.65. The number of rotatable bonds is 4. The van der Waals surface area contributed by atoms with E-state index in [1.165, 1.54) is 11.0 Å². The van der Waals surface area contributed by atoms with Crippen molar-refractivity contribution in [3.63, 3.8) is 0 Å². The zero-order chi connectivity index (χ0) is 14.5. The van der Waals surface area contributed by atoms with Crippen LogP contribution in [-0.4, -0.2) is 24.1 Å². The molecule has 20 heavy (non-hydrogen) atoms. The highest BCUT2D eigenvalue weighted by molar-refractivity contribution is 7.80. The van der Waals surface area contributed by atoms with E-state index in [9.17, 15) is 9.18 Å². The first kappa shape index (κ1) is 14.7. The summed E-state index contributed by atoms with van der Waals surface area (Å²) < 4.78 is 13.9. The lowest BCUT2D eigenvalue weighted by molar-refractivity contribution is -0.117. The van der Waals surface area contributed by atoms with Crippen LogP contribution >= 0.6 is 12.2 Å². The van der Waals surface area contributed by atoms with Gasteiger partial charge in [-0.25, -0.2) is 4.39 Å². The molecule has 6 heteroatoms. The van der Waals surface area contributed by atoms with Crippen LogP contribution in [0.2, 0.25) is 0 Å². The van der Waals surface area contributed by atoms with Gasteiger partial charge in [-0.2, -0.15) is 0 Å². The van der Waals surface area contributed by atoms with Gasteiger partial charge in [0.1, 0.15) is 5.82 Å². The summed E-state index contributed by atoms with van der Waals surface area (Å²) in [5, 5.41) is 6.53. The van der Waals surface area contributed by atoms with Crippen molar-refractivity contribution >= 4 is 34.6 Å². The molecule has 0 atom stereocenters. The Bertz CT molecular complexity index is 521. The largest absolute Gasteiger partial charge is 0.362 e. The van der Waals surface area contributed by atoms with Crippen molar-refractivity contribution in [1.82, 2.24) is 5.32 Å². The minimum atomic E-state index is -0.391. The molecule has 0 unspecified atom stereocenters. The zero-order valence-corrected chi connectivity index (χ0v) is 12.2. The first-order valence-corrected chi connectivity index (χ1v) is 7.17. The van der Waals surface area contributed by atoms with Crippen LogP contribution < -0.4 is 15.5 Å². The topological polar surface area (TPSA) is 44.4 Å². The number of anilines is 2. The number of thiocarbonyl (C=S) groups is 1. The number of hydrogen-bond donors (Lipinski definition) is 2. The summed E-state index contributed by atoms with van der Waals surface area (Å²) in [4.78, 5) is 13.2. The van der Waals surface area contributed by atoms with Gasteiger partial charge in [-0.1, -0.05) is 6.92 Å². The van der Waals surface area contributed by atoms with Crippen LogP contribution in [0.25, 0.3) is 0 Å². The minimum absolute atomic E-state index is 0.0345. The Balaban J connectivity index is 2.12. The van der Waals surface area contributed by atoms with Gasteiger partial charge in [0.05, 0.1) is 5.69 Å². The number of amides is 1.